The summed E-state index contributed by atoms with van der Waals surface area (Å²) in [5, 5.41) is 31.0. The van der Waals surface area contributed by atoms with Gasteiger partial charge in [-0.3, -0.25) is 4.79 Å². The second-order valence-corrected chi connectivity index (χ2v) is 5.83. The van der Waals surface area contributed by atoms with Crippen LogP contribution in [-0.2, 0) is 0 Å². The van der Waals surface area contributed by atoms with Crippen molar-refractivity contribution in [2.45, 2.75) is 33.3 Å². The highest BCUT2D eigenvalue weighted by molar-refractivity contribution is 5.96. The maximum Gasteiger partial charge on any atom is 0.255 e. The maximum absolute atomic E-state index is 11.8. The molecule has 1 amide bonds. The lowest BCUT2D eigenvalue weighted by Gasteiger charge is -2.22. The minimum Gasteiger partial charge on any atom is -0.508 e. The smallest absolute Gasteiger partial charge is 0.255 e. The van der Waals surface area contributed by atoms with E-state index in [4.69, 9.17) is 5.11 Å². The molecule has 106 valence electrons. The molecule has 5 nitrogen and oxygen atoms in total. The Morgan fingerprint density at radius 3 is 2.47 bits per heavy atom. The normalized spacial score (nSPS) is 13.1. The number of benzene rings is 1. The molecule has 0 heterocycles. The number of carbonyl (C=O) groups is 1. The van der Waals surface area contributed by atoms with Gasteiger partial charge in [-0.25, -0.2) is 0 Å². The Hall–Kier alpha value is -1.75. The fourth-order valence-corrected chi connectivity index (χ4v) is 1.80. The number of hydrogen-bond acceptors (Lipinski definition) is 4. The van der Waals surface area contributed by atoms with E-state index < -0.39 is 12.0 Å². The fraction of sp³-hybridized carbons (Fsp3) is 0.500. The quantitative estimate of drug-likeness (QED) is 0.667. The summed E-state index contributed by atoms with van der Waals surface area (Å²) >= 11 is 0. The summed E-state index contributed by atoms with van der Waals surface area (Å²) in [5.41, 5.74) is 0.0472. The molecule has 0 bridgehead atoms. The zero-order valence-corrected chi connectivity index (χ0v) is 11.5. The van der Waals surface area contributed by atoms with Crippen molar-refractivity contribution in [3.8, 4) is 11.5 Å². The van der Waals surface area contributed by atoms with Gasteiger partial charge in [-0.15, -0.1) is 0 Å². The first-order chi connectivity index (χ1) is 8.69. The van der Waals surface area contributed by atoms with Crippen LogP contribution in [0.2, 0.25) is 0 Å². The van der Waals surface area contributed by atoms with E-state index in [2.05, 4.69) is 5.32 Å². The van der Waals surface area contributed by atoms with E-state index in [1.54, 1.807) is 0 Å². The molecule has 5 heteroatoms. The number of hydrogen-bond donors (Lipinski definition) is 4. The fourth-order valence-electron chi connectivity index (χ4n) is 1.80. The molecule has 19 heavy (non-hydrogen) atoms. The third kappa shape index (κ3) is 5.18. The SMILES string of the molecule is CC(C)(C)CC(O)CNC(=O)c1ccc(O)cc1O. The van der Waals surface area contributed by atoms with Crippen LogP contribution in [0.15, 0.2) is 18.2 Å². The van der Waals surface area contributed by atoms with Gasteiger partial charge in [0.05, 0.1) is 11.7 Å². The van der Waals surface area contributed by atoms with Crippen LogP contribution in [0.1, 0.15) is 37.6 Å². The Labute approximate surface area is 112 Å². The van der Waals surface area contributed by atoms with Gasteiger partial charge in [-0.2, -0.15) is 0 Å². The number of carbonyl (C=O) groups excluding carboxylic acids is 1. The Balaban J connectivity index is 2.56. The van der Waals surface area contributed by atoms with Crippen LogP contribution in [0, 0.1) is 5.41 Å². The number of aromatic hydroxyl groups is 2. The summed E-state index contributed by atoms with van der Waals surface area (Å²) in [6.45, 7) is 6.13. The van der Waals surface area contributed by atoms with Gasteiger partial charge < -0.3 is 20.6 Å². The largest absolute Gasteiger partial charge is 0.508 e. The molecule has 0 fully saturated rings. The Morgan fingerprint density at radius 2 is 1.95 bits per heavy atom. The molecule has 4 N–H and O–H groups in total. The van der Waals surface area contributed by atoms with Gasteiger partial charge in [0.15, 0.2) is 0 Å². The van der Waals surface area contributed by atoms with Gasteiger partial charge in [-0.1, -0.05) is 20.8 Å². The standard InChI is InChI=1S/C14H21NO4/c1-14(2,3)7-10(17)8-15-13(19)11-5-4-9(16)6-12(11)18/h4-6,10,16-18H,7-8H2,1-3H3,(H,15,19). The van der Waals surface area contributed by atoms with Crippen molar-refractivity contribution in [2.24, 2.45) is 5.41 Å². The zero-order chi connectivity index (χ0) is 14.6. The minimum absolute atomic E-state index is 0.0230. The molecular weight excluding hydrogens is 246 g/mol. The number of aliphatic hydroxyl groups excluding tert-OH is 1. The zero-order valence-electron chi connectivity index (χ0n) is 11.5. The molecule has 1 rings (SSSR count). The highest BCUT2D eigenvalue weighted by Gasteiger charge is 2.18. The number of aliphatic hydroxyl groups is 1. The van der Waals surface area contributed by atoms with E-state index in [1.165, 1.54) is 12.1 Å². The van der Waals surface area contributed by atoms with E-state index in [1.807, 2.05) is 20.8 Å². The van der Waals surface area contributed by atoms with E-state index >= 15 is 0 Å². The third-order valence-corrected chi connectivity index (χ3v) is 2.57. The van der Waals surface area contributed by atoms with E-state index in [0.717, 1.165) is 6.07 Å². The highest BCUT2D eigenvalue weighted by Crippen LogP contribution is 2.23. The van der Waals surface area contributed by atoms with E-state index in [0.29, 0.717) is 6.42 Å². The average Bonchev–Trinajstić information content (AvgIpc) is 2.23. The summed E-state index contributed by atoms with van der Waals surface area (Å²) in [6, 6.07) is 3.75. The summed E-state index contributed by atoms with van der Waals surface area (Å²) < 4.78 is 0. The van der Waals surface area contributed by atoms with Gasteiger partial charge in [0, 0.05) is 12.6 Å². The monoisotopic (exact) mass is 267 g/mol. The van der Waals surface area contributed by atoms with Crippen LogP contribution in [-0.4, -0.2) is 33.9 Å². The molecule has 0 saturated carbocycles. The van der Waals surface area contributed by atoms with Crippen LogP contribution in [0.4, 0.5) is 0 Å². The third-order valence-electron chi connectivity index (χ3n) is 2.57. The summed E-state index contributed by atoms with van der Waals surface area (Å²) in [4.78, 5) is 11.8. The Kier molecular flexibility index (Phi) is 4.78. The second-order valence-electron chi connectivity index (χ2n) is 5.83. The first-order valence-corrected chi connectivity index (χ1v) is 6.17. The minimum atomic E-state index is -0.636. The van der Waals surface area contributed by atoms with Gasteiger partial charge >= 0.3 is 0 Å². The number of amides is 1. The van der Waals surface area contributed by atoms with Gasteiger partial charge in [0.1, 0.15) is 11.5 Å². The number of phenols is 2. The molecule has 0 aliphatic rings. The first-order valence-electron chi connectivity index (χ1n) is 6.17. The molecule has 1 atom stereocenters. The van der Waals surface area contributed by atoms with Crippen LogP contribution in [0.25, 0.3) is 0 Å². The molecule has 0 aliphatic heterocycles. The molecule has 1 unspecified atom stereocenters. The van der Waals surface area contributed by atoms with Crippen molar-refractivity contribution in [1.82, 2.24) is 5.32 Å². The predicted octanol–water partition coefficient (Wildman–Crippen LogP) is 1.62. The number of phenolic OH excluding ortho intramolecular Hbond substituents is 2. The molecule has 0 aliphatic carbocycles. The van der Waals surface area contributed by atoms with Crippen LogP contribution in [0.3, 0.4) is 0 Å². The van der Waals surface area contributed by atoms with Gasteiger partial charge in [0.25, 0.3) is 5.91 Å². The molecule has 0 saturated heterocycles. The summed E-state index contributed by atoms with van der Waals surface area (Å²) in [7, 11) is 0. The van der Waals surface area contributed by atoms with Gasteiger partial charge in [-0.05, 0) is 24.0 Å². The van der Waals surface area contributed by atoms with Crippen molar-refractivity contribution in [2.75, 3.05) is 6.54 Å². The predicted molar refractivity (Wildman–Crippen MR) is 72.2 cm³/mol. The molecule has 1 aromatic rings. The summed E-state index contributed by atoms with van der Waals surface area (Å²) in [5.74, 6) is -0.880. The number of nitrogens with one attached hydrogen (secondary N) is 1. The van der Waals surface area contributed by atoms with E-state index in [-0.39, 0.29) is 29.0 Å². The van der Waals surface area contributed by atoms with Gasteiger partial charge in [0.2, 0.25) is 0 Å². The molecule has 1 aromatic carbocycles. The average molecular weight is 267 g/mol. The Morgan fingerprint density at radius 1 is 1.32 bits per heavy atom. The van der Waals surface area contributed by atoms with Crippen molar-refractivity contribution >= 4 is 5.91 Å². The molecule has 0 aromatic heterocycles. The van der Waals surface area contributed by atoms with Crippen LogP contribution < -0.4 is 5.32 Å². The maximum atomic E-state index is 11.8. The van der Waals surface area contributed by atoms with Crippen LogP contribution >= 0.6 is 0 Å². The molecular formula is C14H21NO4. The Bertz CT molecular complexity index is 451. The van der Waals surface area contributed by atoms with Crippen molar-refractivity contribution in [1.29, 1.82) is 0 Å². The van der Waals surface area contributed by atoms with Crippen LogP contribution in [0.5, 0.6) is 11.5 Å². The van der Waals surface area contributed by atoms with Crippen molar-refractivity contribution < 1.29 is 20.1 Å². The highest BCUT2D eigenvalue weighted by atomic mass is 16.3. The van der Waals surface area contributed by atoms with E-state index in [9.17, 15) is 15.0 Å². The lowest BCUT2D eigenvalue weighted by molar-refractivity contribution is 0.0866. The number of rotatable bonds is 4. The topological polar surface area (TPSA) is 89.8 Å². The second kappa shape index (κ2) is 5.93. The summed E-state index contributed by atoms with van der Waals surface area (Å²) in [6.07, 6.45) is -0.0716. The van der Waals surface area contributed by atoms with Crippen molar-refractivity contribution in [3.05, 3.63) is 23.8 Å². The molecule has 0 radical (unpaired) electrons. The molecule has 0 spiro atoms. The lowest BCUT2D eigenvalue weighted by Crippen LogP contribution is -2.34. The lowest BCUT2D eigenvalue weighted by atomic mass is 9.89. The first kappa shape index (κ1) is 15.3. The van der Waals surface area contributed by atoms with Crippen molar-refractivity contribution in [3.63, 3.8) is 0 Å².